The Morgan fingerprint density at radius 1 is 1.22 bits per heavy atom. The molecule has 0 aliphatic rings. The first-order valence-corrected chi connectivity index (χ1v) is 6.72. The molecule has 0 aliphatic carbocycles. The van der Waals surface area contributed by atoms with Gasteiger partial charge in [0, 0.05) is 25.8 Å². The van der Waals surface area contributed by atoms with Crippen LogP contribution in [0.15, 0.2) is 24.4 Å². The van der Waals surface area contributed by atoms with E-state index in [1.807, 2.05) is 24.4 Å². The lowest BCUT2D eigenvalue weighted by atomic mass is 10.3. The normalized spacial score (nSPS) is 11.1. The lowest BCUT2D eigenvalue weighted by Gasteiger charge is -2.22. The highest BCUT2D eigenvalue weighted by atomic mass is 15.2. The predicted molar refractivity (Wildman–Crippen MR) is 75.9 cm³/mol. The summed E-state index contributed by atoms with van der Waals surface area (Å²) in [6.45, 7) is 6.97. The van der Waals surface area contributed by atoms with E-state index in [4.69, 9.17) is 10.7 Å². The van der Waals surface area contributed by atoms with Crippen LogP contribution in [0.2, 0.25) is 0 Å². The Morgan fingerprint density at radius 2 is 1.94 bits per heavy atom. The summed E-state index contributed by atoms with van der Waals surface area (Å²) in [5.74, 6) is 1.05. The Labute approximate surface area is 108 Å². The molecular weight excluding hydrogens is 224 g/mol. The van der Waals surface area contributed by atoms with Gasteiger partial charge in [-0.1, -0.05) is 19.9 Å². The average Bonchev–Trinajstić information content (AvgIpc) is 2.76. The predicted octanol–water partition coefficient (Wildman–Crippen LogP) is 2.42. The summed E-state index contributed by atoms with van der Waals surface area (Å²) in [7, 11) is 0. The molecule has 0 atom stereocenters. The van der Waals surface area contributed by atoms with Gasteiger partial charge in [-0.3, -0.25) is 0 Å². The molecule has 2 aromatic rings. The van der Waals surface area contributed by atoms with Crippen LogP contribution in [0.5, 0.6) is 0 Å². The minimum atomic E-state index is 0.518. The van der Waals surface area contributed by atoms with Crippen LogP contribution in [0, 0.1) is 0 Å². The second-order valence-corrected chi connectivity index (χ2v) is 4.50. The first-order valence-electron chi connectivity index (χ1n) is 6.72. The van der Waals surface area contributed by atoms with Gasteiger partial charge in [0.25, 0.3) is 0 Å². The quantitative estimate of drug-likeness (QED) is 0.851. The Morgan fingerprint density at radius 3 is 2.56 bits per heavy atom. The number of fused-ring (bicyclic) bond motifs is 1. The number of imidazole rings is 1. The number of nitrogens with two attached hydrogens (primary N) is 1. The van der Waals surface area contributed by atoms with Gasteiger partial charge in [-0.15, -0.1) is 0 Å². The summed E-state index contributed by atoms with van der Waals surface area (Å²) in [5, 5.41) is 0. The first kappa shape index (κ1) is 12.9. The number of hydrogen-bond acceptors (Lipinski definition) is 3. The minimum absolute atomic E-state index is 0.518. The molecule has 0 amide bonds. The number of rotatable bonds is 6. The summed E-state index contributed by atoms with van der Waals surface area (Å²) in [5.41, 5.74) is 7.98. The van der Waals surface area contributed by atoms with Crippen LogP contribution >= 0.6 is 0 Å². The van der Waals surface area contributed by atoms with Gasteiger partial charge in [-0.2, -0.15) is 0 Å². The third-order valence-corrected chi connectivity index (χ3v) is 3.09. The molecule has 98 valence electrons. The van der Waals surface area contributed by atoms with Gasteiger partial charge >= 0.3 is 0 Å². The maximum absolute atomic E-state index is 5.90. The van der Waals surface area contributed by atoms with Crippen molar-refractivity contribution in [3.8, 4) is 0 Å². The molecule has 2 heterocycles. The summed E-state index contributed by atoms with van der Waals surface area (Å²) >= 11 is 0. The minimum Gasteiger partial charge on any atom is -0.355 e. The summed E-state index contributed by atoms with van der Waals surface area (Å²) < 4.78 is 2.09. The zero-order chi connectivity index (χ0) is 13.0. The van der Waals surface area contributed by atoms with Crippen molar-refractivity contribution < 1.29 is 0 Å². The molecule has 2 aromatic heterocycles. The van der Waals surface area contributed by atoms with Crippen LogP contribution in [0.25, 0.3) is 5.65 Å². The van der Waals surface area contributed by atoms with Crippen molar-refractivity contribution in [2.45, 2.75) is 33.2 Å². The van der Waals surface area contributed by atoms with Crippen LogP contribution in [-0.2, 0) is 6.54 Å². The van der Waals surface area contributed by atoms with Crippen molar-refractivity contribution >= 4 is 11.5 Å². The van der Waals surface area contributed by atoms with Gasteiger partial charge in [-0.05, 0) is 25.0 Å². The van der Waals surface area contributed by atoms with Gasteiger partial charge in [0.2, 0.25) is 0 Å². The summed E-state index contributed by atoms with van der Waals surface area (Å²) in [6.07, 6.45) is 4.28. The molecule has 0 aromatic carbocycles. The molecule has 2 rings (SSSR count). The molecule has 0 saturated carbocycles. The SMILES string of the molecule is CCCN(CCC)c1nc2ccccn2c1CN. The van der Waals surface area contributed by atoms with Gasteiger partial charge in [-0.25, -0.2) is 4.98 Å². The van der Waals surface area contributed by atoms with Crippen LogP contribution in [0.1, 0.15) is 32.4 Å². The molecule has 4 heteroatoms. The van der Waals surface area contributed by atoms with Crippen molar-refractivity contribution in [3.63, 3.8) is 0 Å². The zero-order valence-electron chi connectivity index (χ0n) is 11.3. The second-order valence-electron chi connectivity index (χ2n) is 4.50. The van der Waals surface area contributed by atoms with E-state index in [1.54, 1.807) is 0 Å². The molecule has 2 N–H and O–H groups in total. The highest BCUT2D eigenvalue weighted by Gasteiger charge is 2.15. The fourth-order valence-electron chi connectivity index (χ4n) is 2.34. The standard InChI is InChI=1S/C14H22N4/c1-3-8-17(9-4-2)14-12(11-15)18-10-6-5-7-13(18)16-14/h5-7,10H,3-4,8-9,11,15H2,1-2H3. The van der Waals surface area contributed by atoms with E-state index in [9.17, 15) is 0 Å². The van der Waals surface area contributed by atoms with Gasteiger partial charge < -0.3 is 15.0 Å². The molecule has 0 fully saturated rings. The number of anilines is 1. The molecule has 0 saturated heterocycles. The molecule has 18 heavy (non-hydrogen) atoms. The largest absolute Gasteiger partial charge is 0.355 e. The van der Waals surface area contributed by atoms with Crippen LogP contribution in [-0.4, -0.2) is 22.5 Å². The fraction of sp³-hybridized carbons (Fsp3) is 0.500. The lowest BCUT2D eigenvalue weighted by molar-refractivity contribution is 0.730. The number of hydrogen-bond donors (Lipinski definition) is 1. The number of nitrogens with zero attached hydrogens (tertiary/aromatic N) is 3. The van der Waals surface area contributed by atoms with Gasteiger partial charge in [0.15, 0.2) is 5.82 Å². The third-order valence-electron chi connectivity index (χ3n) is 3.09. The van der Waals surface area contributed by atoms with Crippen molar-refractivity contribution in [1.82, 2.24) is 9.38 Å². The van der Waals surface area contributed by atoms with Crippen LogP contribution < -0.4 is 10.6 Å². The van der Waals surface area contributed by atoms with Crippen molar-refractivity contribution in [2.24, 2.45) is 5.73 Å². The molecule has 0 bridgehead atoms. The molecule has 0 unspecified atom stereocenters. The molecular formula is C14H22N4. The van der Waals surface area contributed by atoms with Crippen LogP contribution in [0.3, 0.4) is 0 Å². The van der Waals surface area contributed by atoms with E-state index in [-0.39, 0.29) is 0 Å². The zero-order valence-corrected chi connectivity index (χ0v) is 11.3. The van der Waals surface area contributed by atoms with E-state index < -0.39 is 0 Å². The third kappa shape index (κ3) is 2.34. The maximum Gasteiger partial charge on any atom is 0.152 e. The summed E-state index contributed by atoms with van der Waals surface area (Å²) in [4.78, 5) is 7.07. The van der Waals surface area contributed by atoms with Gasteiger partial charge in [0.05, 0.1) is 5.69 Å². The Bertz CT molecular complexity index is 497. The van der Waals surface area contributed by atoms with E-state index >= 15 is 0 Å². The molecule has 4 nitrogen and oxygen atoms in total. The fourth-order valence-corrected chi connectivity index (χ4v) is 2.34. The van der Waals surface area contributed by atoms with Crippen molar-refractivity contribution in [1.29, 1.82) is 0 Å². The number of aromatic nitrogens is 2. The Kier molecular flexibility index (Phi) is 4.20. The molecule has 0 aliphatic heterocycles. The van der Waals surface area contributed by atoms with Crippen LogP contribution in [0.4, 0.5) is 5.82 Å². The monoisotopic (exact) mass is 246 g/mol. The maximum atomic E-state index is 5.90. The molecule has 0 radical (unpaired) electrons. The van der Waals surface area contributed by atoms with E-state index in [0.29, 0.717) is 6.54 Å². The molecule has 0 spiro atoms. The highest BCUT2D eigenvalue weighted by Crippen LogP contribution is 2.21. The van der Waals surface area contributed by atoms with E-state index in [1.165, 1.54) is 0 Å². The summed E-state index contributed by atoms with van der Waals surface area (Å²) in [6, 6.07) is 6.05. The first-order chi connectivity index (χ1) is 8.81. The number of pyridine rings is 1. The average molecular weight is 246 g/mol. The van der Waals surface area contributed by atoms with E-state index in [2.05, 4.69) is 23.1 Å². The second kappa shape index (κ2) is 5.87. The Hall–Kier alpha value is -1.55. The van der Waals surface area contributed by atoms with Crippen molar-refractivity contribution in [3.05, 3.63) is 30.1 Å². The topological polar surface area (TPSA) is 46.6 Å². The lowest BCUT2D eigenvalue weighted by Crippen LogP contribution is -2.26. The Balaban J connectivity index is 2.47. The highest BCUT2D eigenvalue weighted by molar-refractivity contribution is 5.55. The van der Waals surface area contributed by atoms with E-state index in [0.717, 1.165) is 43.1 Å². The smallest absolute Gasteiger partial charge is 0.152 e. The van der Waals surface area contributed by atoms with Gasteiger partial charge in [0.1, 0.15) is 5.65 Å². The van der Waals surface area contributed by atoms with Crippen molar-refractivity contribution in [2.75, 3.05) is 18.0 Å².